The Bertz CT molecular complexity index is 677. The number of benzene rings is 2. The first kappa shape index (κ1) is 20.0. The van der Waals surface area contributed by atoms with Gasteiger partial charge in [0.2, 0.25) is 0 Å². The molecule has 0 bridgehead atoms. The molecule has 1 atom stereocenters. The van der Waals surface area contributed by atoms with Crippen LogP contribution in [0, 0.1) is 5.92 Å². The van der Waals surface area contributed by atoms with Gasteiger partial charge in [-0.2, -0.15) is 0 Å². The molecule has 0 spiro atoms. The molecule has 0 fully saturated rings. The van der Waals surface area contributed by atoms with E-state index in [1.807, 2.05) is 12.1 Å². The second kappa shape index (κ2) is 7.67. The average Bonchev–Trinajstić information content (AvgIpc) is 2.75. The summed E-state index contributed by atoms with van der Waals surface area (Å²) in [6.45, 7) is 4.62. The van der Waals surface area contributed by atoms with Crippen LogP contribution in [-0.2, 0) is 27.8 Å². The number of halogens is 3. The molecule has 0 N–H and O–H groups in total. The van der Waals surface area contributed by atoms with Crippen molar-refractivity contribution in [2.24, 2.45) is 5.92 Å². The van der Waals surface area contributed by atoms with Gasteiger partial charge < -0.3 is 0 Å². The van der Waals surface area contributed by atoms with E-state index in [-0.39, 0.29) is 27.9 Å². The summed E-state index contributed by atoms with van der Waals surface area (Å²) < 4.78 is 0.193. The van der Waals surface area contributed by atoms with Gasteiger partial charge in [0.1, 0.15) is 0 Å². The molecule has 0 heterocycles. The Morgan fingerprint density at radius 2 is 1.55 bits per heavy atom. The van der Waals surface area contributed by atoms with Gasteiger partial charge in [0.05, 0.1) is 0 Å². The van der Waals surface area contributed by atoms with E-state index in [9.17, 15) is 0 Å². The summed E-state index contributed by atoms with van der Waals surface area (Å²) in [5.74, 6) is 0.603. The third kappa shape index (κ3) is 3.39. The normalized spacial score (nSPS) is 19.0. The molecule has 0 nitrogen and oxygen atoms in total. The Kier molecular flexibility index (Phi) is 6.96. The predicted octanol–water partition coefficient (Wildman–Crippen LogP) is 6.03. The van der Waals surface area contributed by atoms with Crippen molar-refractivity contribution in [1.82, 2.24) is 0 Å². The molecule has 1 aliphatic rings. The molecule has 0 radical (unpaired) electrons. The topological polar surface area (TPSA) is 0 Å². The smallest absolute Gasteiger partial charge is 0.147 e. The van der Waals surface area contributed by atoms with Crippen molar-refractivity contribution in [3.8, 4) is 0 Å². The molecular weight excluding hydrogens is 414 g/mol. The summed E-state index contributed by atoms with van der Waals surface area (Å²) in [6.07, 6.45) is 2.46. The van der Waals surface area contributed by atoms with E-state index in [0.717, 1.165) is 5.02 Å². The van der Waals surface area contributed by atoms with E-state index < -0.39 is 0 Å². The summed E-state index contributed by atoms with van der Waals surface area (Å²) in [5.41, 5.74) is 5.45. The van der Waals surface area contributed by atoms with Crippen molar-refractivity contribution in [2.75, 3.05) is 0 Å². The van der Waals surface area contributed by atoms with Gasteiger partial charge in [-0.25, -0.2) is 0 Å². The van der Waals surface area contributed by atoms with Crippen LogP contribution in [0.25, 0.3) is 5.57 Å². The molecule has 0 aromatic heterocycles. The van der Waals surface area contributed by atoms with Crippen molar-refractivity contribution in [3.63, 3.8) is 0 Å². The van der Waals surface area contributed by atoms with Crippen LogP contribution in [0.15, 0.2) is 54.6 Å². The van der Waals surface area contributed by atoms with Gasteiger partial charge >= 0.3 is 141 Å². The molecule has 22 heavy (non-hydrogen) atoms. The standard InChI is InChI=1S/C18H16Cl.2ClH.Zr/c1-12(2)17-11-18(13-7-9-14(19)10-8-13)16-6-4-3-5-15(16)17;;;/h3-12H,1-2H3;2*1H;. The van der Waals surface area contributed by atoms with E-state index >= 15 is 0 Å². The number of hydrogen-bond acceptors (Lipinski definition) is 0. The predicted molar refractivity (Wildman–Crippen MR) is 96.0 cm³/mol. The molecule has 0 saturated heterocycles. The fourth-order valence-electron chi connectivity index (χ4n) is 2.81. The van der Waals surface area contributed by atoms with Gasteiger partial charge in [0.15, 0.2) is 0 Å². The summed E-state index contributed by atoms with van der Waals surface area (Å²) in [6, 6.07) is 17.0. The van der Waals surface area contributed by atoms with Gasteiger partial charge in [0.25, 0.3) is 0 Å². The SMILES string of the molecule is CC(C)[C]1([Zr])C=C(c2ccc(Cl)cc2)c2ccccc21.Cl.Cl. The van der Waals surface area contributed by atoms with Gasteiger partial charge in [-0.05, 0) is 0 Å². The molecule has 0 amide bonds. The fourth-order valence-corrected chi connectivity index (χ4v) is 3.82. The quantitative estimate of drug-likeness (QED) is 0.544. The maximum atomic E-state index is 6.01. The van der Waals surface area contributed by atoms with E-state index in [1.165, 1.54) is 22.3 Å². The molecule has 2 aromatic rings. The molecule has 115 valence electrons. The third-order valence-corrected chi connectivity index (χ3v) is 6.79. The maximum absolute atomic E-state index is 6.01. The summed E-state index contributed by atoms with van der Waals surface area (Å²) in [7, 11) is 0. The van der Waals surface area contributed by atoms with Crippen LogP contribution in [0.3, 0.4) is 0 Å². The molecule has 2 aromatic carbocycles. The maximum Gasteiger partial charge on any atom is -0.147 e. The van der Waals surface area contributed by atoms with E-state index in [2.05, 4.69) is 56.3 Å². The van der Waals surface area contributed by atoms with E-state index in [4.69, 9.17) is 11.6 Å². The van der Waals surface area contributed by atoms with E-state index in [1.54, 1.807) is 24.7 Å². The molecule has 4 heteroatoms. The van der Waals surface area contributed by atoms with Crippen LogP contribution in [0.5, 0.6) is 0 Å². The van der Waals surface area contributed by atoms with Crippen molar-refractivity contribution in [3.05, 3.63) is 76.3 Å². The number of rotatable bonds is 2. The van der Waals surface area contributed by atoms with Crippen LogP contribution in [0.4, 0.5) is 0 Å². The first-order chi connectivity index (χ1) is 9.52. The number of allylic oxidation sites excluding steroid dienone is 1. The van der Waals surface area contributed by atoms with Gasteiger partial charge in [-0.1, -0.05) is 0 Å². The van der Waals surface area contributed by atoms with Crippen LogP contribution in [-0.4, -0.2) is 0 Å². The molecular formula is C18H18Cl3Zr. The minimum atomic E-state index is 0. The third-order valence-electron chi connectivity index (χ3n) is 4.10. The molecule has 3 rings (SSSR count). The zero-order valence-electron chi connectivity index (χ0n) is 12.5. The largest absolute Gasteiger partial charge is 0.147 e. The summed E-state index contributed by atoms with van der Waals surface area (Å²) in [4.78, 5) is 0. The molecule has 1 aliphatic carbocycles. The van der Waals surface area contributed by atoms with E-state index in [0.29, 0.717) is 5.92 Å². The first-order valence-electron chi connectivity index (χ1n) is 6.86. The molecule has 0 aliphatic heterocycles. The zero-order chi connectivity index (χ0) is 14.3. The summed E-state index contributed by atoms with van der Waals surface area (Å²) in [5, 5.41) is 0.790. The first-order valence-corrected chi connectivity index (χ1v) is 8.47. The summed E-state index contributed by atoms with van der Waals surface area (Å²) >= 11 is 7.56. The van der Waals surface area contributed by atoms with Crippen molar-refractivity contribution in [1.29, 1.82) is 0 Å². The average molecular weight is 432 g/mol. The van der Waals surface area contributed by atoms with Crippen LogP contribution < -0.4 is 0 Å². The fraction of sp³-hybridized carbons (Fsp3) is 0.222. The second-order valence-corrected chi connectivity index (χ2v) is 8.10. The Morgan fingerprint density at radius 1 is 0.955 bits per heavy atom. The van der Waals surface area contributed by atoms with Gasteiger partial charge in [-0.15, -0.1) is 24.8 Å². The molecule has 0 saturated carbocycles. The van der Waals surface area contributed by atoms with Gasteiger partial charge in [0, 0.05) is 0 Å². The van der Waals surface area contributed by atoms with Gasteiger partial charge in [-0.3, -0.25) is 0 Å². The van der Waals surface area contributed by atoms with Crippen molar-refractivity contribution < 1.29 is 24.7 Å². The van der Waals surface area contributed by atoms with Crippen LogP contribution in [0.2, 0.25) is 5.02 Å². The Morgan fingerprint density at radius 3 is 2.14 bits per heavy atom. The minimum Gasteiger partial charge on any atom is -0.147 e. The Balaban J connectivity index is 0.00000121. The molecule has 1 unspecified atom stereocenters. The van der Waals surface area contributed by atoms with Crippen molar-refractivity contribution in [2.45, 2.75) is 17.0 Å². The monoisotopic (exact) mass is 429 g/mol. The van der Waals surface area contributed by atoms with Crippen molar-refractivity contribution >= 4 is 42.0 Å². The second-order valence-electron chi connectivity index (χ2n) is 5.63. The Labute approximate surface area is 165 Å². The Hall–Kier alpha value is -0.0669. The minimum absolute atomic E-state index is 0. The van der Waals surface area contributed by atoms with Crippen LogP contribution >= 0.6 is 36.4 Å². The van der Waals surface area contributed by atoms with Crippen LogP contribution in [0.1, 0.15) is 30.5 Å². The number of fused-ring (bicyclic) bond motifs is 1. The number of hydrogen-bond donors (Lipinski definition) is 0. The zero-order valence-corrected chi connectivity index (χ0v) is 17.3.